The molecule has 0 saturated carbocycles. The molecule has 1 aromatic carbocycles. The molecule has 1 aliphatic heterocycles. The number of hydrogen-bond donors (Lipinski definition) is 3. The minimum Gasteiger partial charge on any atom is -0.399 e. The van der Waals surface area contributed by atoms with Crippen molar-refractivity contribution < 1.29 is 9.59 Å². The molecular formula is C15H18N4O2. The van der Waals surface area contributed by atoms with E-state index in [-0.39, 0.29) is 11.8 Å². The van der Waals surface area contributed by atoms with Crippen LogP contribution in [-0.4, -0.2) is 34.8 Å². The van der Waals surface area contributed by atoms with Gasteiger partial charge in [-0.15, -0.1) is 0 Å². The Hall–Kier alpha value is -2.50. The van der Waals surface area contributed by atoms with Crippen molar-refractivity contribution in [1.82, 2.24) is 9.88 Å². The van der Waals surface area contributed by atoms with Crippen LogP contribution in [0.3, 0.4) is 0 Å². The molecule has 5 N–H and O–H groups in total. The van der Waals surface area contributed by atoms with Crippen LogP contribution in [0.4, 0.5) is 5.69 Å². The van der Waals surface area contributed by atoms with Gasteiger partial charge in [0.15, 0.2) is 0 Å². The number of nitrogens with two attached hydrogens (primary N) is 2. The van der Waals surface area contributed by atoms with Crippen LogP contribution in [0.2, 0.25) is 0 Å². The van der Waals surface area contributed by atoms with Crippen molar-refractivity contribution in [2.45, 2.75) is 13.3 Å². The molecule has 2 amide bonds. The fourth-order valence-corrected chi connectivity index (χ4v) is 2.83. The molecule has 1 saturated heterocycles. The Morgan fingerprint density at radius 2 is 2.14 bits per heavy atom. The summed E-state index contributed by atoms with van der Waals surface area (Å²) in [7, 11) is 0. The number of benzene rings is 1. The number of anilines is 1. The highest BCUT2D eigenvalue weighted by Gasteiger charge is 2.41. The lowest BCUT2D eigenvalue weighted by Gasteiger charge is -2.20. The van der Waals surface area contributed by atoms with Crippen LogP contribution < -0.4 is 11.5 Å². The molecule has 0 spiro atoms. The highest BCUT2D eigenvalue weighted by atomic mass is 16.2. The van der Waals surface area contributed by atoms with E-state index in [4.69, 9.17) is 11.5 Å². The average Bonchev–Trinajstić information content (AvgIpc) is 3.02. The Morgan fingerprint density at radius 3 is 2.81 bits per heavy atom. The Balaban J connectivity index is 1.90. The molecule has 110 valence electrons. The van der Waals surface area contributed by atoms with Gasteiger partial charge in [-0.3, -0.25) is 9.59 Å². The predicted molar refractivity (Wildman–Crippen MR) is 80.5 cm³/mol. The van der Waals surface area contributed by atoms with Gasteiger partial charge in [-0.2, -0.15) is 0 Å². The summed E-state index contributed by atoms with van der Waals surface area (Å²) in [4.78, 5) is 28.9. The van der Waals surface area contributed by atoms with Crippen molar-refractivity contribution in [3.8, 4) is 0 Å². The number of primary amides is 1. The van der Waals surface area contributed by atoms with Gasteiger partial charge >= 0.3 is 0 Å². The number of aromatic amines is 1. The fraction of sp³-hybridized carbons (Fsp3) is 0.333. The number of hydrogen-bond acceptors (Lipinski definition) is 3. The molecule has 6 heteroatoms. The molecule has 1 unspecified atom stereocenters. The summed E-state index contributed by atoms with van der Waals surface area (Å²) in [6.45, 7) is 2.71. The maximum absolute atomic E-state index is 12.6. The molecule has 3 rings (SSSR count). The van der Waals surface area contributed by atoms with Crippen LogP contribution in [0.5, 0.6) is 0 Å². The highest BCUT2D eigenvalue weighted by Crippen LogP contribution is 2.31. The van der Waals surface area contributed by atoms with Crippen molar-refractivity contribution in [1.29, 1.82) is 0 Å². The Morgan fingerprint density at radius 1 is 1.38 bits per heavy atom. The summed E-state index contributed by atoms with van der Waals surface area (Å²) < 4.78 is 0. The largest absolute Gasteiger partial charge is 0.399 e. The van der Waals surface area contributed by atoms with E-state index in [0.717, 1.165) is 10.9 Å². The molecule has 0 bridgehead atoms. The van der Waals surface area contributed by atoms with Crippen molar-refractivity contribution in [3.63, 3.8) is 0 Å². The molecule has 1 aliphatic rings. The van der Waals surface area contributed by atoms with Gasteiger partial charge < -0.3 is 21.4 Å². The van der Waals surface area contributed by atoms with Crippen LogP contribution in [0, 0.1) is 5.41 Å². The van der Waals surface area contributed by atoms with Crippen LogP contribution in [0.25, 0.3) is 10.9 Å². The van der Waals surface area contributed by atoms with E-state index >= 15 is 0 Å². The fourth-order valence-electron chi connectivity index (χ4n) is 2.83. The zero-order chi connectivity index (χ0) is 15.2. The van der Waals surface area contributed by atoms with Gasteiger partial charge in [0.1, 0.15) is 0 Å². The molecule has 0 aliphatic carbocycles. The van der Waals surface area contributed by atoms with Gasteiger partial charge in [-0.1, -0.05) is 0 Å². The van der Waals surface area contributed by atoms with E-state index in [1.54, 1.807) is 30.2 Å². The summed E-state index contributed by atoms with van der Waals surface area (Å²) in [6.07, 6.45) is 2.29. The first-order valence-corrected chi connectivity index (χ1v) is 6.86. The number of H-pyrrole nitrogens is 1. The molecule has 0 radical (unpaired) electrons. The maximum atomic E-state index is 12.6. The van der Waals surface area contributed by atoms with E-state index in [0.29, 0.717) is 30.8 Å². The standard InChI is InChI=1S/C15H18N4O2/c1-15(14(17)21)4-5-19(8-15)13(20)11-7-18-12-6-9(16)2-3-10(11)12/h2-3,6-7,18H,4-5,8,16H2,1H3,(H2,17,21). The number of nitrogens with one attached hydrogen (secondary N) is 1. The first-order chi connectivity index (χ1) is 9.90. The Labute approximate surface area is 122 Å². The summed E-state index contributed by atoms with van der Waals surface area (Å²) in [6, 6.07) is 5.39. The number of amides is 2. The second kappa shape index (κ2) is 4.51. The number of carbonyl (C=O) groups is 2. The molecular weight excluding hydrogens is 268 g/mol. The second-order valence-corrected chi connectivity index (χ2v) is 5.91. The third-order valence-electron chi connectivity index (χ3n) is 4.29. The molecule has 1 fully saturated rings. The van der Waals surface area contributed by atoms with Crippen LogP contribution in [0.1, 0.15) is 23.7 Å². The van der Waals surface area contributed by atoms with E-state index in [9.17, 15) is 9.59 Å². The lowest BCUT2D eigenvalue weighted by Crippen LogP contribution is -2.38. The van der Waals surface area contributed by atoms with Gasteiger partial charge in [0.2, 0.25) is 5.91 Å². The number of rotatable bonds is 2. The number of aromatic nitrogens is 1. The molecule has 1 atom stereocenters. The SMILES string of the molecule is CC1(C(N)=O)CCN(C(=O)c2c[nH]c3cc(N)ccc23)C1. The van der Waals surface area contributed by atoms with Crippen molar-refractivity contribution in [2.75, 3.05) is 18.8 Å². The molecule has 2 heterocycles. The van der Waals surface area contributed by atoms with E-state index in [2.05, 4.69) is 4.98 Å². The molecule has 6 nitrogen and oxygen atoms in total. The third-order valence-corrected chi connectivity index (χ3v) is 4.29. The normalized spacial score (nSPS) is 21.9. The first-order valence-electron chi connectivity index (χ1n) is 6.86. The zero-order valence-corrected chi connectivity index (χ0v) is 11.8. The minimum absolute atomic E-state index is 0.0870. The number of nitrogen functional groups attached to an aromatic ring is 1. The lowest BCUT2D eigenvalue weighted by atomic mass is 9.89. The lowest BCUT2D eigenvalue weighted by molar-refractivity contribution is -0.126. The van der Waals surface area contributed by atoms with Crippen molar-refractivity contribution >= 4 is 28.4 Å². The average molecular weight is 286 g/mol. The number of likely N-dealkylation sites (tertiary alicyclic amines) is 1. The summed E-state index contributed by atoms with van der Waals surface area (Å²) in [5.74, 6) is -0.444. The topological polar surface area (TPSA) is 105 Å². The summed E-state index contributed by atoms with van der Waals surface area (Å²) >= 11 is 0. The van der Waals surface area contributed by atoms with Gasteiger partial charge in [-0.05, 0) is 31.5 Å². The monoisotopic (exact) mass is 286 g/mol. The minimum atomic E-state index is -0.633. The van der Waals surface area contributed by atoms with Gasteiger partial charge in [0, 0.05) is 35.9 Å². The Bertz CT molecular complexity index is 736. The molecule has 21 heavy (non-hydrogen) atoms. The van der Waals surface area contributed by atoms with Gasteiger partial charge in [-0.25, -0.2) is 0 Å². The highest BCUT2D eigenvalue weighted by molar-refractivity contribution is 6.07. The van der Waals surface area contributed by atoms with Crippen molar-refractivity contribution in [2.24, 2.45) is 11.1 Å². The maximum Gasteiger partial charge on any atom is 0.256 e. The van der Waals surface area contributed by atoms with Crippen LogP contribution >= 0.6 is 0 Å². The zero-order valence-electron chi connectivity index (χ0n) is 11.8. The summed E-state index contributed by atoms with van der Waals surface area (Å²) in [5.41, 5.74) is 12.6. The third kappa shape index (κ3) is 2.12. The first kappa shape index (κ1) is 13.5. The molecule has 2 aromatic rings. The van der Waals surface area contributed by atoms with Gasteiger partial charge in [0.05, 0.1) is 11.0 Å². The van der Waals surface area contributed by atoms with Crippen LogP contribution in [0.15, 0.2) is 24.4 Å². The quantitative estimate of drug-likeness (QED) is 0.719. The number of fused-ring (bicyclic) bond motifs is 1. The van der Waals surface area contributed by atoms with E-state index in [1.165, 1.54) is 0 Å². The van der Waals surface area contributed by atoms with Crippen molar-refractivity contribution in [3.05, 3.63) is 30.0 Å². The van der Waals surface area contributed by atoms with Crippen LogP contribution in [-0.2, 0) is 4.79 Å². The van der Waals surface area contributed by atoms with E-state index < -0.39 is 5.41 Å². The summed E-state index contributed by atoms with van der Waals surface area (Å²) in [5, 5.41) is 0.835. The Kier molecular flexibility index (Phi) is 2.90. The van der Waals surface area contributed by atoms with E-state index in [1.807, 2.05) is 6.07 Å². The van der Waals surface area contributed by atoms with Gasteiger partial charge in [0.25, 0.3) is 5.91 Å². The second-order valence-electron chi connectivity index (χ2n) is 5.91. The predicted octanol–water partition coefficient (Wildman–Crippen LogP) is 1.09. The molecule has 1 aromatic heterocycles. The number of carbonyl (C=O) groups excluding carboxylic acids is 2. The smallest absolute Gasteiger partial charge is 0.256 e. The number of nitrogens with zero attached hydrogens (tertiary/aromatic N) is 1.